The van der Waals surface area contributed by atoms with Gasteiger partial charge >= 0.3 is 5.69 Å². The van der Waals surface area contributed by atoms with Crippen LogP contribution in [0.1, 0.15) is 30.7 Å². The molecular formula is C22H23N3O4. The van der Waals surface area contributed by atoms with E-state index < -0.39 is 11.2 Å². The molecule has 1 amide bonds. The Morgan fingerprint density at radius 1 is 1.03 bits per heavy atom. The summed E-state index contributed by atoms with van der Waals surface area (Å²) in [5.41, 5.74) is 0.818. The van der Waals surface area contributed by atoms with E-state index in [1.807, 2.05) is 17.0 Å². The summed E-state index contributed by atoms with van der Waals surface area (Å²) in [5, 5.41) is 9.87. The highest BCUT2D eigenvalue weighted by molar-refractivity contribution is 5.79. The standard InChI is InChI=1S/C22H23N3O4/c26-17-7-5-15(6-8-17)16-9-12-24(13-10-16)20(27)11-14-25-19-4-2-1-3-18(19)21(28)23-22(25)29/h1-8,16,26H,9-14H2,(H,23,28,29). The molecule has 3 aromatic rings. The third kappa shape index (κ3) is 3.94. The quantitative estimate of drug-likeness (QED) is 0.710. The van der Waals surface area contributed by atoms with E-state index in [9.17, 15) is 19.5 Å². The second-order valence-electron chi connectivity index (χ2n) is 7.42. The number of amides is 1. The molecule has 0 unspecified atom stereocenters. The SMILES string of the molecule is O=C(CCn1c(=O)[nH]c(=O)c2ccccc21)N1CCC(c2ccc(O)cc2)CC1. The summed E-state index contributed by atoms with van der Waals surface area (Å²) in [6, 6.07) is 14.2. The van der Waals surface area contributed by atoms with Crippen LogP contribution in [0.4, 0.5) is 0 Å². The number of aromatic hydroxyl groups is 1. The van der Waals surface area contributed by atoms with Crippen molar-refractivity contribution < 1.29 is 9.90 Å². The average molecular weight is 393 g/mol. The Morgan fingerprint density at radius 2 is 1.72 bits per heavy atom. The fourth-order valence-electron chi connectivity index (χ4n) is 4.04. The van der Waals surface area contributed by atoms with Crippen LogP contribution in [0.25, 0.3) is 10.9 Å². The number of hydrogen-bond acceptors (Lipinski definition) is 4. The van der Waals surface area contributed by atoms with E-state index in [0.29, 0.717) is 29.9 Å². The lowest BCUT2D eigenvalue weighted by molar-refractivity contribution is -0.132. The molecule has 0 spiro atoms. The van der Waals surface area contributed by atoms with E-state index in [1.165, 1.54) is 10.1 Å². The number of H-pyrrole nitrogens is 1. The predicted octanol–water partition coefficient (Wildman–Crippen LogP) is 2.19. The molecule has 0 atom stereocenters. The number of phenolic OH excluding ortho intramolecular Hbond substituents is 1. The van der Waals surface area contributed by atoms with Gasteiger partial charge in [0.2, 0.25) is 5.91 Å². The van der Waals surface area contributed by atoms with Gasteiger partial charge in [0.15, 0.2) is 0 Å². The van der Waals surface area contributed by atoms with Crippen molar-refractivity contribution >= 4 is 16.8 Å². The molecule has 0 bridgehead atoms. The number of phenols is 1. The molecule has 2 N–H and O–H groups in total. The predicted molar refractivity (Wildman–Crippen MR) is 110 cm³/mol. The van der Waals surface area contributed by atoms with Gasteiger partial charge in [-0.1, -0.05) is 24.3 Å². The van der Waals surface area contributed by atoms with Gasteiger partial charge in [0.05, 0.1) is 10.9 Å². The zero-order valence-corrected chi connectivity index (χ0v) is 16.0. The number of carbonyl (C=O) groups excluding carboxylic acids is 1. The number of nitrogens with one attached hydrogen (secondary N) is 1. The van der Waals surface area contributed by atoms with E-state index >= 15 is 0 Å². The maximum atomic E-state index is 12.7. The Hall–Kier alpha value is -3.35. The molecule has 29 heavy (non-hydrogen) atoms. The molecule has 1 fully saturated rings. The second-order valence-corrected chi connectivity index (χ2v) is 7.42. The van der Waals surface area contributed by atoms with Gasteiger partial charge in [-0.3, -0.25) is 19.1 Å². The number of para-hydroxylation sites is 1. The van der Waals surface area contributed by atoms with Crippen molar-refractivity contribution in [3.63, 3.8) is 0 Å². The summed E-state index contributed by atoms with van der Waals surface area (Å²) in [7, 11) is 0. The van der Waals surface area contributed by atoms with Crippen LogP contribution in [0.5, 0.6) is 5.75 Å². The highest BCUT2D eigenvalue weighted by atomic mass is 16.3. The van der Waals surface area contributed by atoms with Crippen LogP contribution in [-0.2, 0) is 11.3 Å². The number of likely N-dealkylation sites (tertiary alicyclic amines) is 1. The first-order valence-corrected chi connectivity index (χ1v) is 9.81. The summed E-state index contributed by atoms with van der Waals surface area (Å²) in [6.07, 6.45) is 1.95. The van der Waals surface area contributed by atoms with Gasteiger partial charge in [0, 0.05) is 26.1 Å². The van der Waals surface area contributed by atoms with Gasteiger partial charge in [0.25, 0.3) is 5.56 Å². The van der Waals surface area contributed by atoms with Crippen molar-refractivity contribution in [2.75, 3.05) is 13.1 Å². The van der Waals surface area contributed by atoms with Crippen molar-refractivity contribution in [3.05, 3.63) is 74.9 Å². The Kier molecular flexibility index (Phi) is 5.20. The first-order valence-electron chi connectivity index (χ1n) is 9.81. The topological polar surface area (TPSA) is 95.4 Å². The van der Waals surface area contributed by atoms with E-state index in [2.05, 4.69) is 4.98 Å². The maximum absolute atomic E-state index is 12.7. The molecule has 1 aliphatic heterocycles. The lowest BCUT2D eigenvalue weighted by Crippen LogP contribution is -2.39. The zero-order valence-electron chi connectivity index (χ0n) is 16.0. The molecule has 2 aromatic carbocycles. The van der Waals surface area contributed by atoms with Crippen molar-refractivity contribution in [1.29, 1.82) is 0 Å². The largest absolute Gasteiger partial charge is 0.508 e. The number of nitrogens with zero attached hydrogens (tertiary/aromatic N) is 2. The third-order valence-corrected chi connectivity index (χ3v) is 5.67. The molecule has 0 saturated carbocycles. The van der Waals surface area contributed by atoms with Crippen LogP contribution < -0.4 is 11.2 Å². The summed E-state index contributed by atoms with van der Waals surface area (Å²) in [6.45, 7) is 1.57. The molecule has 0 aliphatic carbocycles. The fraction of sp³-hybridized carbons (Fsp3) is 0.318. The van der Waals surface area contributed by atoms with Crippen LogP contribution in [0.2, 0.25) is 0 Å². The van der Waals surface area contributed by atoms with Gasteiger partial charge in [0.1, 0.15) is 5.75 Å². The molecule has 150 valence electrons. The fourth-order valence-corrected chi connectivity index (χ4v) is 4.04. The smallest absolute Gasteiger partial charge is 0.328 e. The summed E-state index contributed by atoms with van der Waals surface area (Å²) < 4.78 is 1.46. The molecule has 2 heterocycles. The van der Waals surface area contributed by atoms with Gasteiger partial charge in [-0.15, -0.1) is 0 Å². The monoisotopic (exact) mass is 393 g/mol. The molecule has 7 nitrogen and oxygen atoms in total. The van der Waals surface area contributed by atoms with Gasteiger partial charge in [-0.25, -0.2) is 4.79 Å². The summed E-state index contributed by atoms with van der Waals surface area (Å²) >= 11 is 0. The minimum absolute atomic E-state index is 0.0105. The lowest BCUT2D eigenvalue weighted by Gasteiger charge is -2.32. The Morgan fingerprint density at radius 3 is 2.45 bits per heavy atom. The number of aromatic nitrogens is 2. The molecule has 1 aromatic heterocycles. The maximum Gasteiger partial charge on any atom is 0.328 e. The van der Waals surface area contributed by atoms with E-state index in [4.69, 9.17) is 0 Å². The normalized spacial score (nSPS) is 15.0. The Labute approximate surface area is 167 Å². The number of aromatic amines is 1. The number of fused-ring (bicyclic) bond motifs is 1. The molecule has 7 heteroatoms. The first kappa shape index (κ1) is 19.0. The van der Waals surface area contributed by atoms with Crippen LogP contribution in [0, 0.1) is 0 Å². The van der Waals surface area contributed by atoms with Crippen molar-refractivity contribution in [3.8, 4) is 5.75 Å². The minimum atomic E-state index is -0.493. The average Bonchev–Trinajstić information content (AvgIpc) is 2.74. The van der Waals surface area contributed by atoms with E-state index in [-0.39, 0.29) is 24.6 Å². The molecule has 0 radical (unpaired) electrons. The van der Waals surface area contributed by atoms with Gasteiger partial charge in [-0.2, -0.15) is 0 Å². The Bertz CT molecular complexity index is 1140. The summed E-state index contributed by atoms with van der Waals surface area (Å²) in [5.74, 6) is 0.646. The Balaban J connectivity index is 1.40. The van der Waals surface area contributed by atoms with E-state index in [1.54, 1.807) is 36.4 Å². The first-order chi connectivity index (χ1) is 14.0. The number of piperidine rings is 1. The van der Waals surface area contributed by atoms with Crippen LogP contribution in [-0.4, -0.2) is 38.6 Å². The number of hydrogen-bond donors (Lipinski definition) is 2. The highest BCUT2D eigenvalue weighted by Crippen LogP contribution is 2.29. The van der Waals surface area contributed by atoms with E-state index in [0.717, 1.165) is 12.8 Å². The number of aryl methyl sites for hydroxylation is 1. The number of benzene rings is 2. The van der Waals surface area contributed by atoms with Crippen LogP contribution >= 0.6 is 0 Å². The molecule has 1 saturated heterocycles. The minimum Gasteiger partial charge on any atom is -0.508 e. The van der Waals surface area contributed by atoms with Gasteiger partial charge < -0.3 is 10.0 Å². The van der Waals surface area contributed by atoms with Crippen molar-refractivity contribution in [2.45, 2.75) is 31.7 Å². The highest BCUT2D eigenvalue weighted by Gasteiger charge is 2.24. The van der Waals surface area contributed by atoms with Crippen molar-refractivity contribution in [1.82, 2.24) is 14.5 Å². The zero-order chi connectivity index (χ0) is 20.4. The third-order valence-electron chi connectivity index (χ3n) is 5.67. The van der Waals surface area contributed by atoms with Crippen molar-refractivity contribution in [2.24, 2.45) is 0 Å². The molecular weight excluding hydrogens is 370 g/mol. The number of carbonyl (C=O) groups is 1. The van der Waals surface area contributed by atoms with Gasteiger partial charge in [-0.05, 0) is 48.6 Å². The van der Waals surface area contributed by atoms with Crippen LogP contribution in [0.3, 0.4) is 0 Å². The van der Waals surface area contributed by atoms with Crippen LogP contribution in [0.15, 0.2) is 58.1 Å². The summed E-state index contributed by atoms with van der Waals surface area (Å²) in [4.78, 5) is 41.0. The second kappa shape index (κ2) is 7.95. The molecule has 4 rings (SSSR count). The number of rotatable bonds is 4. The lowest BCUT2D eigenvalue weighted by atomic mass is 9.89. The molecule has 1 aliphatic rings.